The van der Waals surface area contributed by atoms with Crippen molar-refractivity contribution in [3.05, 3.63) is 0 Å². The molecule has 0 saturated heterocycles. The summed E-state index contributed by atoms with van der Waals surface area (Å²) < 4.78 is 68.1. The van der Waals surface area contributed by atoms with Gasteiger partial charge in [0.05, 0.1) is 26.4 Å². The number of phosphoric ester groups is 2. The van der Waals surface area contributed by atoms with Gasteiger partial charge in [0.25, 0.3) is 0 Å². The summed E-state index contributed by atoms with van der Waals surface area (Å²) in [5.74, 6) is -2.13. The fourth-order valence-corrected chi connectivity index (χ4v) is 11.6. The molecule has 0 saturated carbocycles. The third-order valence-electron chi connectivity index (χ3n) is 15.4. The quantitative estimate of drug-likeness (QED) is 0.0222. The minimum atomic E-state index is -4.94. The average molecular weight is 1260 g/mol. The van der Waals surface area contributed by atoms with Gasteiger partial charge in [0, 0.05) is 25.7 Å². The Morgan fingerprint density at radius 3 is 0.694 bits per heavy atom. The number of hydrogen-bond donors (Lipinski definition) is 3. The maximum atomic E-state index is 13.0. The number of rotatable bonds is 67. The van der Waals surface area contributed by atoms with E-state index in [1.807, 2.05) is 0 Å². The van der Waals surface area contributed by atoms with E-state index in [2.05, 4.69) is 27.7 Å². The van der Waals surface area contributed by atoms with Gasteiger partial charge in [-0.3, -0.25) is 37.3 Å². The third-order valence-corrected chi connectivity index (χ3v) is 17.3. The number of aliphatic hydroxyl groups excluding tert-OH is 1. The highest BCUT2D eigenvalue weighted by Gasteiger charge is 2.30. The molecule has 504 valence electrons. The van der Waals surface area contributed by atoms with E-state index in [9.17, 15) is 43.2 Å². The molecule has 0 fully saturated rings. The third kappa shape index (κ3) is 60.7. The van der Waals surface area contributed by atoms with Gasteiger partial charge in [-0.05, 0) is 25.7 Å². The second-order valence-corrected chi connectivity index (χ2v) is 26.8. The minimum Gasteiger partial charge on any atom is -0.462 e. The molecule has 3 N–H and O–H groups in total. The zero-order valence-electron chi connectivity index (χ0n) is 54.6. The van der Waals surface area contributed by atoms with Gasteiger partial charge in [0.2, 0.25) is 0 Å². The van der Waals surface area contributed by atoms with Gasteiger partial charge in [-0.15, -0.1) is 0 Å². The first-order valence-electron chi connectivity index (χ1n) is 34.8. The molecule has 85 heavy (non-hydrogen) atoms. The van der Waals surface area contributed by atoms with Crippen molar-refractivity contribution in [1.82, 2.24) is 0 Å². The number of phosphoric acid groups is 2. The van der Waals surface area contributed by atoms with Crippen LogP contribution in [-0.4, -0.2) is 96.7 Å². The van der Waals surface area contributed by atoms with E-state index in [0.29, 0.717) is 25.7 Å². The molecule has 17 nitrogen and oxygen atoms in total. The van der Waals surface area contributed by atoms with Crippen LogP contribution in [0.5, 0.6) is 0 Å². The SMILES string of the molecule is CCCCCCCCCCCCCCCC(=O)O[C@H](COC(=O)CCCCCCCCCCCCCC)COP(=O)(O)OC[C@@H](O)COP(=O)(O)OC[C@@H](COC(=O)CCCCCCCCCCC)OC(=O)CCCCCCCCCCCCC. The van der Waals surface area contributed by atoms with Crippen LogP contribution in [0.1, 0.15) is 342 Å². The zero-order chi connectivity index (χ0) is 62.6. The van der Waals surface area contributed by atoms with Gasteiger partial charge in [0.15, 0.2) is 12.2 Å². The number of hydrogen-bond acceptors (Lipinski definition) is 15. The standard InChI is InChI=1S/C66H128O17P2/c1-5-9-13-17-21-25-28-30-33-37-41-45-49-53-66(71)83-62(57-77-64(69)51-47-43-39-35-32-29-26-22-18-14-10-6-2)59-81-85(74,75)79-55-60(67)54-78-84(72,73)80-58-61(56-76-63(68)50-46-42-38-34-24-20-16-12-8-4)82-65(70)52-48-44-40-36-31-27-23-19-15-11-7-3/h60-62,67H,5-59H2,1-4H3,(H,72,73)(H,74,75)/t60-,61+,62+/m0/s1. The van der Waals surface area contributed by atoms with Crippen molar-refractivity contribution >= 4 is 39.5 Å². The smallest absolute Gasteiger partial charge is 0.462 e. The van der Waals surface area contributed by atoms with E-state index in [-0.39, 0.29) is 25.7 Å². The summed E-state index contributed by atoms with van der Waals surface area (Å²) in [6, 6.07) is 0. The molecule has 0 aliphatic rings. The van der Waals surface area contributed by atoms with E-state index >= 15 is 0 Å². The van der Waals surface area contributed by atoms with Crippen LogP contribution in [0.2, 0.25) is 0 Å². The first-order valence-corrected chi connectivity index (χ1v) is 37.8. The van der Waals surface area contributed by atoms with E-state index in [4.69, 9.17) is 37.0 Å². The average Bonchev–Trinajstić information content (AvgIpc) is 3.50. The predicted molar refractivity (Wildman–Crippen MR) is 340 cm³/mol. The molecule has 0 aromatic heterocycles. The Kier molecular flexibility index (Phi) is 59.6. The van der Waals surface area contributed by atoms with Crippen molar-refractivity contribution in [2.75, 3.05) is 39.6 Å². The summed E-state index contributed by atoms with van der Waals surface area (Å²) in [6.07, 6.45) is 47.0. The summed E-state index contributed by atoms with van der Waals surface area (Å²) in [5.41, 5.74) is 0. The summed E-state index contributed by atoms with van der Waals surface area (Å²) >= 11 is 0. The lowest BCUT2D eigenvalue weighted by molar-refractivity contribution is -0.161. The van der Waals surface area contributed by atoms with Crippen molar-refractivity contribution in [2.24, 2.45) is 0 Å². The largest absolute Gasteiger partial charge is 0.472 e. The molecule has 0 heterocycles. The van der Waals surface area contributed by atoms with Crippen molar-refractivity contribution < 1.29 is 80.2 Å². The lowest BCUT2D eigenvalue weighted by atomic mass is 10.0. The number of carbonyl (C=O) groups excluding carboxylic acids is 4. The first-order chi connectivity index (χ1) is 41.2. The van der Waals surface area contributed by atoms with Gasteiger partial charge in [-0.2, -0.15) is 0 Å². The normalized spacial score (nSPS) is 14.1. The fraction of sp³-hybridized carbons (Fsp3) is 0.939. The molecular weight excluding hydrogens is 1130 g/mol. The maximum Gasteiger partial charge on any atom is 0.472 e. The lowest BCUT2D eigenvalue weighted by Crippen LogP contribution is -2.30. The number of unbranched alkanes of at least 4 members (excludes halogenated alkanes) is 41. The number of ether oxygens (including phenoxy) is 4. The van der Waals surface area contributed by atoms with Gasteiger partial charge in [0.1, 0.15) is 19.3 Å². The van der Waals surface area contributed by atoms with Gasteiger partial charge in [-0.25, -0.2) is 9.13 Å². The predicted octanol–water partition coefficient (Wildman–Crippen LogP) is 18.7. The molecule has 0 spiro atoms. The number of esters is 4. The van der Waals surface area contributed by atoms with E-state index < -0.39 is 97.5 Å². The molecule has 0 aliphatic heterocycles. The Morgan fingerprint density at radius 1 is 0.282 bits per heavy atom. The maximum absolute atomic E-state index is 13.0. The van der Waals surface area contributed by atoms with Crippen LogP contribution in [0.4, 0.5) is 0 Å². The van der Waals surface area contributed by atoms with Crippen molar-refractivity contribution in [3.63, 3.8) is 0 Å². The summed E-state index contributed by atoms with van der Waals surface area (Å²) in [6.45, 7) is 4.90. The van der Waals surface area contributed by atoms with Crippen LogP contribution in [-0.2, 0) is 65.4 Å². The Hall–Kier alpha value is -1.94. The molecule has 19 heteroatoms. The fourth-order valence-electron chi connectivity index (χ4n) is 9.99. The number of aliphatic hydroxyl groups is 1. The molecule has 0 aromatic carbocycles. The monoisotopic (exact) mass is 1250 g/mol. The van der Waals surface area contributed by atoms with Gasteiger partial charge >= 0.3 is 39.5 Å². The van der Waals surface area contributed by atoms with Crippen LogP contribution < -0.4 is 0 Å². The molecule has 0 amide bonds. The topological polar surface area (TPSA) is 237 Å². The second-order valence-electron chi connectivity index (χ2n) is 23.9. The highest BCUT2D eigenvalue weighted by atomic mass is 31.2. The zero-order valence-corrected chi connectivity index (χ0v) is 56.4. The lowest BCUT2D eigenvalue weighted by Gasteiger charge is -2.21. The van der Waals surface area contributed by atoms with E-state index in [0.717, 1.165) is 89.9 Å². The summed E-state index contributed by atoms with van der Waals surface area (Å²) in [5, 5.41) is 10.5. The Labute approximate surface area is 517 Å². The highest BCUT2D eigenvalue weighted by Crippen LogP contribution is 2.45. The van der Waals surface area contributed by atoms with E-state index in [1.165, 1.54) is 173 Å². The van der Waals surface area contributed by atoms with Gasteiger partial charge in [-0.1, -0.05) is 291 Å². The molecule has 5 atom stereocenters. The Morgan fingerprint density at radius 2 is 0.471 bits per heavy atom. The first kappa shape index (κ1) is 83.1. The van der Waals surface area contributed by atoms with Crippen LogP contribution in [0.25, 0.3) is 0 Å². The Balaban J connectivity index is 5.23. The van der Waals surface area contributed by atoms with Crippen LogP contribution in [0, 0.1) is 0 Å². The molecular formula is C66H128O17P2. The number of carbonyl (C=O) groups is 4. The van der Waals surface area contributed by atoms with Crippen LogP contribution in [0.15, 0.2) is 0 Å². The second kappa shape index (κ2) is 60.9. The van der Waals surface area contributed by atoms with Crippen LogP contribution in [0.3, 0.4) is 0 Å². The molecule has 2 unspecified atom stereocenters. The van der Waals surface area contributed by atoms with Crippen molar-refractivity contribution in [1.29, 1.82) is 0 Å². The summed E-state index contributed by atoms with van der Waals surface area (Å²) in [7, 11) is -9.89. The van der Waals surface area contributed by atoms with Crippen molar-refractivity contribution in [2.45, 2.75) is 361 Å². The molecule has 0 aliphatic carbocycles. The van der Waals surface area contributed by atoms with Crippen LogP contribution >= 0.6 is 15.6 Å². The molecule has 0 radical (unpaired) electrons. The molecule has 0 aromatic rings. The highest BCUT2D eigenvalue weighted by molar-refractivity contribution is 7.47. The van der Waals surface area contributed by atoms with Gasteiger partial charge < -0.3 is 33.8 Å². The minimum absolute atomic E-state index is 0.107. The Bertz CT molecular complexity index is 1640. The van der Waals surface area contributed by atoms with E-state index in [1.54, 1.807) is 0 Å². The van der Waals surface area contributed by atoms with Crippen molar-refractivity contribution in [3.8, 4) is 0 Å². The summed E-state index contributed by atoms with van der Waals surface area (Å²) in [4.78, 5) is 72.3. The molecule has 0 bridgehead atoms. The molecule has 0 rings (SSSR count).